The van der Waals surface area contributed by atoms with Crippen molar-refractivity contribution in [3.05, 3.63) is 0 Å². The Morgan fingerprint density at radius 3 is 2.53 bits per heavy atom. The van der Waals surface area contributed by atoms with Gasteiger partial charge >= 0.3 is 5.97 Å². The van der Waals surface area contributed by atoms with Gasteiger partial charge in [-0.25, -0.2) is 0 Å². The molecule has 0 aromatic rings. The van der Waals surface area contributed by atoms with Gasteiger partial charge in [0.2, 0.25) is 0 Å². The fourth-order valence-corrected chi connectivity index (χ4v) is 10.5. The first kappa shape index (κ1) is 25.1. The van der Waals surface area contributed by atoms with Crippen molar-refractivity contribution >= 4 is 5.97 Å². The predicted molar refractivity (Wildman–Crippen MR) is 139 cm³/mol. The molecule has 34 heavy (non-hydrogen) atoms. The van der Waals surface area contributed by atoms with Crippen LogP contribution < -0.4 is 5.32 Å². The highest BCUT2D eigenvalue weighted by atomic mass is 16.5. The normalized spacial score (nSPS) is 46.9. The van der Waals surface area contributed by atoms with Gasteiger partial charge in [-0.05, 0) is 130 Å². The largest absolute Gasteiger partial charge is 0.465 e. The highest BCUT2D eigenvalue weighted by Crippen LogP contribution is 2.68. The summed E-state index contributed by atoms with van der Waals surface area (Å²) in [6.45, 7) is 12.0. The molecule has 5 aliphatic rings. The van der Waals surface area contributed by atoms with Gasteiger partial charge in [-0.3, -0.25) is 4.79 Å². The van der Waals surface area contributed by atoms with Crippen LogP contribution in [0.1, 0.15) is 118 Å². The smallest absolute Gasteiger partial charge is 0.309 e. The Bertz CT molecular complexity index is 722. The second kappa shape index (κ2) is 10.1. The zero-order valence-electron chi connectivity index (χ0n) is 22.7. The molecule has 4 saturated carbocycles. The van der Waals surface area contributed by atoms with Gasteiger partial charge in [-0.2, -0.15) is 0 Å². The summed E-state index contributed by atoms with van der Waals surface area (Å²) < 4.78 is 5.29. The van der Waals surface area contributed by atoms with Crippen molar-refractivity contribution in [1.29, 1.82) is 0 Å². The zero-order valence-corrected chi connectivity index (χ0v) is 22.7. The number of rotatable bonds is 8. The van der Waals surface area contributed by atoms with Gasteiger partial charge in [0.05, 0.1) is 12.5 Å². The first-order chi connectivity index (χ1) is 16.4. The number of carbonyl (C=O) groups excluding carboxylic acids is 1. The highest BCUT2D eigenvalue weighted by molar-refractivity contribution is 5.74. The van der Waals surface area contributed by atoms with Gasteiger partial charge in [0.15, 0.2) is 0 Å². The van der Waals surface area contributed by atoms with Crippen molar-refractivity contribution < 1.29 is 9.53 Å². The molecule has 3 heteroatoms. The number of nitrogens with one attached hydrogen (secondary N) is 1. The third kappa shape index (κ3) is 4.39. The van der Waals surface area contributed by atoms with Crippen LogP contribution >= 0.6 is 0 Å². The highest BCUT2D eigenvalue weighted by Gasteiger charge is 2.60. The summed E-state index contributed by atoms with van der Waals surface area (Å²) in [5.41, 5.74) is 1.09. The molecule has 5 rings (SSSR count). The van der Waals surface area contributed by atoms with E-state index in [4.69, 9.17) is 4.74 Å². The molecule has 0 spiro atoms. The van der Waals surface area contributed by atoms with Crippen LogP contribution in [-0.4, -0.2) is 25.2 Å². The van der Waals surface area contributed by atoms with Crippen molar-refractivity contribution in [2.24, 2.45) is 52.3 Å². The van der Waals surface area contributed by atoms with Crippen LogP contribution in [-0.2, 0) is 9.53 Å². The van der Waals surface area contributed by atoms with E-state index in [1.807, 2.05) is 0 Å². The first-order valence-electron chi connectivity index (χ1n) is 15.3. The molecule has 10 atom stereocenters. The van der Waals surface area contributed by atoms with E-state index < -0.39 is 0 Å². The molecule has 0 aromatic carbocycles. The number of fused-ring (bicyclic) bond motifs is 5. The number of hydrogen-bond acceptors (Lipinski definition) is 3. The summed E-state index contributed by atoms with van der Waals surface area (Å²) in [6.07, 6.45) is 19.1. The van der Waals surface area contributed by atoms with Gasteiger partial charge < -0.3 is 10.1 Å². The van der Waals surface area contributed by atoms with Gasteiger partial charge in [0.1, 0.15) is 0 Å². The predicted octanol–water partition coefficient (Wildman–Crippen LogP) is 7.38. The zero-order chi connectivity index (χ0) is 23.9. The quantitative estimate of drug-likeness (QED) is 0.296. The number of esters is 1. The Labute approximate surface area is 209 Å². The van der Waals surface area contributed by atoms with Crippen LogP contribution in [0.5, 0.6) is 0 Å². The topological polar surface area (TPSA) is 38.3 Å². The lowest BCUT2D eigenvalue weighted by Gasteiger charge is -2.61. The summed E-state index contributed by atoms with van der Waals surface area (Å²) in [4.78, 5) is 12.1. The Balaban J connectivity index is 1.22. The lowest BCUT2D eigenvalue weighted by atomic mass is 9.44. The second-order valence-electron chi connectivity index (χ2n) is 13.9. The van der Waals surface area contributed by atoms with E-state index >= 15 is 0 Å². The molecule has 5 fully saturated rings. The molecule has 3 nitrogen and oxygen atoms in total. The van der Waals surface area contributed by atoms with Crippen LogP contribution in [0.25, 0.3) is 0 Å². The standard InChI is InChI=1S/C31H53NO2/c1-5-6-7-17-32-24-12-15-30(3)23(20-24)8-9-25-27-11-10-26(31(27,4)16-13-28(25)30)21(2)19-22-14-18-34-29(22)33/h21-28,32H,5-20H2,1-4H3/t21?,22?,23?,24?,25?,26?,27?,28?,30-,31?/m0/s1. The Morgan fingerprint density at radius 1 is 0.971 bits per heavy atom. The maximum atomic E-state index is 12.1. The lowest BCUT2D eigenvalue weighted by molar-refractivity contribution is -0.142. The molecule has 194 valence electrons. The average molecular weight is 472 g/mol. The van der Waals surface area contributed by atoms with E-state index in [1.54, 1.807) is 0 Å². The van der Waals surface area contributed by atoms with Crippen LogP contribution in [0.2, 0.25) is 0 Å². The molecule has 0 bridgehead atoms. The number of cyclic esters (lactones) is 1. The van der Waals surface area contributed by atoms with E-state index in [9.17, 15) is 4.79 Å². The molecule has 9 unspecified atom stereocenters. The van der Waals surface area contributed by atoms with Crippen LogP contribution in [0.4, 0.5) is 0 Å². The van der Waals surface area contributed by atoms with Crippen molar-refractivity contribution in [2.75, 3.05) is 13.2 Å². The monoisotopic (exact) mass is 471 g/mol. The Morgan fingerprint density at radius 2 is 1.76 bits per heavy atom. The summed E-state index contributed by atoms with van der Waals surface area (Å²) in [6, 6.07) is 0.777. The fraction of sp³-hybridized carbons (Fsp3) is 0.968. The van der Waals surface area contributed by atoms with Gasteiger partial charge in [0, 0.05) is 6.04 Å². The van der Waals surface area contributed by atoms with Gasteiger partial charge in [-0.15, -0.1) is 0 Å². The van der Waals surface area contributed by atoms with E-state index in [0.717, 1.165) is 48.5 Å². The number of carbonyl (C=O) groups is 1. The Kier molecular flexibility index (Phi) is 7.43. The molecule has 0 aromatic heterocycles. The molecular weight excluding hydrogens is 418 g/mol. The van der Waals surface area contributed by atoms with E-state index in [1.165, 1.54) is 83.6 Å². The molecule has 1 heterocycles. The van der Waals surface area contributed by atoms with Crippen molar-refractivity contribution in [1.82, 2.24) is 5.32 Å². The number of unbranched alkanes of at least 4 members (excludes halogenated alkanes) is 2. The van der Waals surface area contributed by atoms with Gasteiger partial charge in [-0.1, -0.05) is 40.5 Å². The third-order valence-electron chi connectivity index (χ3n) is 12.3. The molecule has 1 saturated heterocycles. The number of ether oxygens (including phenoxy) is 1. The van der Waals surface area contributed by atoms with E-state index in [2.05, 4.69) is 33.0 Å². The van der Waals surface area contributed by atoms with Crippen molar-refractivity contribution in [3.8, 4) is 0 Å². The summed E-state index contributed by atoms with van der Waals surface area (Å²) >= 11 is 0. The number of hydrogen-bond donors (Lipinski definition) is 1. The first-order valence-corrected chi connectivity index (χ1v) is 15.3. The molecule has 1 N–H and O–H groups in total. The van der Waals surface area contributed by atoms with Crippen LogP contribution in [0.3, 0.4) is 0 Å². The Hall–Kier alpha value is -0.570. The minimum absolute atomic E-state index is 0.0805. The summed E-state index contributed by atoms with van der Waals surface area (Å²) in [7, 11) is 0. The lowest BCUT2D eigenvalue weighted by Crippen LogP contribution is -2.55. The van der Waals surface area contributed by atoms with Gasteiger partial charge in [0.25, 0.3) is 0 Å². The van der Waals surface area contributed by atoms with Crippen LogP contribution in [0.15, 0.2) is 0 Å². The average Bonchev–Trinajstić information content (AvgIpc) is 3.39. The van der Waals surface area contributed by atoms with E-state index in [0.29, 0.717) is 23.4 Å². The maximum absolute atomic E-state index is 12.1. The molecule has 4 aliphatic carbocycles. The molecule has 0 radical (unpaired) electrons. The minimum atomic E-state index is 0.0805. The third-order valence-corrected chi connectivity index (χ3v) is 12.3. The molecule has 0 amide bonds. The van der Waals surface area contributed by atoms with Crippen molar-refractivity contribution in [2.45, 2.75) is 124 Å². The SMILES string of the molecule is CCCCCNC1CC[C@@]2(C)C(CCC3C4CCC(C(C)CC5CCOC5=O)C4(C)CCC32)C1. The molecule has 1 aliphatic heterocycles. The van der Waals surface area contributed by atoms with Crippen LogP contribution in [0, 0.1) is 52.3 Å². The maximum Gasteiger partial charge on any atom is 0.309 e. The minimum Gasteiger partial charge on any atom is -0.465 e. The van der Waals surface area contributed by atoms with E-state index in [-0.39, 0.29) is 11.9 Å². The molecular formula is C31H53NO2. The van der Waals surface area contributed by atoms with Crippen molar-refractivity contribution in [3.63, 3.8) is 0 Å². The summed E-state index contributed by atoms with van der Waals surface area (Å²) in [5, 5.41) is 3.94. The summed E-state index contributed by atoms with van der Waals surface area (Å²) in [5.74, 6) is 5.51. The fourth-order valence-electron chi connectivity index (χ4n) is 10.5. The second-order valence-corrected chi connectivity index (χ2v) is 13.9.